The van der Waals surface area contributed by atoms with Crippen molar-refractivity contribution in [1.29, 1.82) is 0 Å². The molecule has 0 unspecified atom stereocenters. The Morgan fingerprint density at radius 3 is 2.78 bits per heavy atom. The van der Waals surface area contributed by atoms with Crippen molar-refractivity contribution in [2.45, 2.75) is 65.6 Å². The molecule has 1 aliphatic heterocycles. The highest BCUT2D eigenvalue weighted by Crippen LogP contribution is 2.50. The third kappa shape index (κ3) is 6.32. The number of esters is 1. The lowest BCUT2D eigenvalue weighted by Gasteiger charge is -2.51. The summed E-state index contributed by atoms with van der Waals surface area (Å²) >= 11 is 6.30. The minimum atomic E-state index is -0.539. The third-order valence-electron chi connectivity index (χ3n) is 8.06. The van der Waals surface area contributed by atoms with E-state index < -0.39 is 6.10 Å². The molecule has 6 heteroatoms. The molecular weight excluding hydrogens is 486 g/mol. The van der Waals surface area contributed by atoms with Crippen LogP contribution < -0.4 is 9.64 Å². The van der Waals surface area contributed by atoms with Crippen LogP contribution in [-0.2, 0) is 17.8 Å². The van der Waals surface area contributed by atoms with E-state index in [1.54, 1.807) is 12.1 Å². The first kappa shape index (κ1) is 27.5. The summed E-state index contributed by atoms with van der Waals surface area (Å²) < 4.78 is 11.9. The highest BCUT2D eigenvalue weighted by Gasteiger charge is 2.47. The van der Waals surface area contributed by atoms with Crippen LogP contribution in [0.1, 0.15) is 67.9 Å². The molecule has 0 saturated heterocycles. The van der Waals surface area contributed by atoms with Crippen LogP contribution in [0.15, 0.2) is 49.1 Å². The van der Waals surface area contributed by atoms with E-state index in [4.69, 9.17) is 21.1 Å². The van der Waals surface area contributed by atoms with Crippen molar-refractivity contribution in [3.05, 3.63) is 70.8 Å². The first-order chi connectivity index (χ1) is 17.7. The molecule has 0 amide bonds. The molecule has 5 nitrogen and oxygen atoms in total. The summed E-state index contributed by atoms with van der Waals surface area (Å²) in [6.45, 7) is 12.5. The van der Waals surface area contributed by atoms with E-state index in [9.17, 15) is 9.90 Å². The number of hydrogen-bond donors (Lipinski definition) is 1. The molecule has 2 aliphatic rings. The second kappa shape index (κ2) is 11.9. The lowest BCUT2D eigenvalue weighted by Crippen LogP contribution is -2.51. The molecule has 3 atom stereocenters. The molecule has 4 rings (SSSR count). The van der Waals surface area contributed by atoms with E-state index in [1.165, 1.54) is 5.56 Å². The fourth-order valence-electron chi connectivity index (χ4n) is 5.42. The van der Waals surface area contributed by atoms with Crippen molar-refractivity contribution >= 4 is 23.3 Å². The normalized spacial score (nSPS) is 22.5. The van der Waals surface area contributed by atoms with Gasteiger partial charge in [0.15, 0.2) is 0 Å². The monoisotopic (exact) mass is 525 g/mol. The lowest BCUT2D eigenvalue weighted by molar-refractivity contribution is -0.0464. The second-order valence-electron chi connectivity index (χ2n) is 11.2. The average Bonchev–Trinajstić information content (AvgIpc) is 2.91. The molecule has 1 N–H and O–H groups in total. The SMILES string of the molecule is C=C[C@H](O)[C@@]1(C)CC[C@@H]1CN1CCCCc2cc(Cl)ccc2COc2ccc(C(=O)OCC(C)C)cc21. The van der Waals surface area contributed by atoms with Crippen LogP contribution in [0.4, 0.5) is 5.69 Å². The quantitative estimate of drug-likeness (QED) is 0.317. The Balaban J connectivity index is 1.67. The molecule has 1 saturated carbocycles. The minimum absolute atomic E-state index is 0.199. The maximum atomic E-state index is 12.9. The van der Waals surface area contributed by atoms with Crippen LogP contribution in [0.5, 0.6) is 5.75 Å². The van der Waals surface area contributed by atoms with Crippen LogP contribution in [0.25, 0.3) is 0 Å². The van der Waals surface area contributed by atoms with Crippen LogP contribution in [-0.4, -0.2) is 36.9 Å². The summed E-state index contributed by atoms with van der Waals surface area (Å²) in [5.74, 6) is 1.01. The number of carbonyl (C=O) groups excluding carboxylic acids is 1. The Kier molecular flexibility index (Phi) is 8.86. The van der Waals surface area contributed by atoms with Crippen molar-refractivity contribution in [2.75, 3.05) is 24.6 Å². The number of nitrogens with zero attached hydrogens (tertiary/aromatic N) is 1. The summed E-state index contributed by atoms with van der Waals surface area (Å²) in [5.41, 5.74) is 3.58. The van der Waals surface area contributed by atoms with Crippen LogP contribution in [0.3, 0.4) is 0 Å². The maximum absolute atomic E-state index is 12.9. The summed E-state index contributed by atoms with van der Waals surface area (Å²) in [7, 11) is 0. The minimum Gasteiger partial charge on any atom is -0.487 e. The van der Waals surface area contributed by atoms with Crippen molar-refractivity contribution in [1.82, 2.24) is 0 Å². The predicted molar refractivity (Wildman–Crippen MR) is 150 cm³/mol. The summed E-state index contributed by atoms with van der Waals surface area (Å²) in [4.78, 5) is 15.2. The van der Waals surface area contributed by atoms with Gasteiger partial charge in [-0.05, 0) is 85.4 Å². The molecule has 37 heavy (non-hydrogen) atoms. The first-order valence-electron chi connectivity index (χ1n) is 13.5. The van der Waals surface area contributed by atoms with Gasteiger partial charge in [0.1, 0.15) is 12.4 Å². The zero-order valence-corrected chi connectivity index (χ0v) is 23.1. The number of aliphatic hydroxyl groups excluding tert-OH is 1. The van der Waals surface area contributed by atoms with Gasteiger partial charge in [-0.25, -0.2) is 4.79 Å². The Morgan fingerprint density at radius 2 is 2.08 bits per heavy atom. The van der Waals surface area contributed by atoms with Crippen LogP contribution in [0.2, 0.25) is 5.02 Å². The van der Waals surface area contributed by atoms with Crippen LogP contribution >= 0.6 is 11.6 Å². The summed E-state index contributed by atoms with van der Waals surface area (Å²) in [5, 5.41) is 11.4. The first-order valence-corrected chi connectivity index (χ1v) is 13.9. The number of halogens is 1. The molecular formula is C31H40ClNO4. The van der Waals surface area contributed by atoms with Crippen molar-refractivity contribution in [3.63, 3.8) is 0 Å². The van der Waals surface area contributed by atoms with Gasteiger partial charge in [-0.2, -0.15) is 0 Å². The molecule has 0 spiro atoms. The van der Waals surface area contributed by atoms with Crippen molar-refractivity contribution in [3.8, 4) is 5.75 Å². The molecule has 0 bridgehead atoms. The second-order valence-corrected chi connectivity index (χ2v) is 11.6. The molecule has 1 aliphatic carbocycles. The Labute approximate surface area is 226 Å². The number of ether oxygens (including phenoxy) is 2. The van der Waals surface area contributed by atoms with Gasteiger partial charge in [-0.1, -0.05) is 44.5 Å². The Morgan fingerprint density at radius 1 is 1.27 bits per heavy atom. The molecule has 2 aromatic carbocycles. The largest absolute Gasteiger partial charge is 0.487 e. The van der Waals surface area contributed by atoms with E-state index in [0.29, 0.717) is 24.7 Å². The van der Waals surface area contributed by atoms with Gasteiger partial charge in [-0.3, -0.25) is 0 Å². The summed E-state index contributed by atoms with van der Waals surface area (Å²) in [6.07, 6.45) is 6.08. The van der Waals surface area contributed by atoms with Crippen molar-refractivity contribution < 1.29 is 19.4 Å². The van der Waals surface area contributed by atoms with E-state index in [2.05, 4.69) is 18.4 Å². The number of anilines is 1. The van der Waals surface area contributed by atoms with Gasteiger partial charge < -0.3 is 19.5 Å². The Bertz CT molecular complexity index is 1120. The highest BCUT2D eigenvalue weighted by atomic mass is 35.5. The molecule has 1 heterocycles. The zero-order valence-electron chi connectivity index (χ0n) is 22.3. The van der Waals surface area contributed by atoms with Gasteiger partial charge in [0.25, 0.3) is 0 Å². The fraction of sp³-hybridized carbons (Fsp3) is 0.516. The van der Waals surface area contributed by atoms with Gasteiger partial charge in [0, 0.05) is 23.5 Å². The number of aryl methyl sites for hydroxylation is 1. The van der Waals surface area contributed by atoms with Gasteiger partial charge in [-0.15, -0.1) is 6.58 Å². The number of benzene rings is 2. The molecule has 2 aromatic rings. The number of aliphatic hydroxyl groups is 1. The number of rotatable bonds is 7. The Hall–Kier alpha value is -2.50. The fourth-order valence-corrected chi connectivity index (χ4v) is 5.61. The average molecular weight is 526 g/mol. The topological polar surface area (TPSA) is 59.0 Å². The van der Waals surface area contributed by atoms with E-state index in [0.717, 1.165) is 67.2 Å². The maximum Gasteiger partial charge on any atom is 0.338 e. The van der Waals surface area contributed by atoms with Crippen molar-refractivity contribution in [2.24, 2.45) is 17.3 Å². The van der Waals surface area contributed by atoms with Gasteiger partial charge in [0.2, 0.25) is 0 Å². The van der Waals surface area contributed by atoms with Gasteiger partial charge >= 0.3 is 5.97 Å². The van der Waals surface area contributed by atoms with Crippen LogP contribution in [0, 0.1) is 17.3 Å². The van der Waals surface area contributed by atoms with E-state index >= 15 is 0 Å². The van der Waals surface area contributed by atoms with Gasteiger partial charge in [0.05, 0.1) is 24.0 Å². The van der Waals surface area contributed by atoms with E-state index in [-0.39, 0.29) is 17.3 Å². The molecule has 0 aromatic heterocycles. The van der Waals surface area contributed by atoms with E-state index in [1.807, 2.05) is 44.2 Å². The molecule has 200 valence electrons. The third-order valence-corrected chi connectivity index (χ3v) is 8.30. The predicted octanol–water partition coefficient (Wildman–Crippen LogP) is 6.84. The summed E-state index contributed by atoms with van der Waals surface area (Å²) in [6, 6.07) is 11.6. The number of hydrogen-bond acceptors (Lipinski definition) is 5. The smallest absolute Gasteiger partial charge is 0.338 e. The zero-order chi connectivity index (χ0) is 26.6. The number of fused-ring (bicyclic) bond motifs is 2. The number of carbonyl (C=O) groups is 1. The molecule has 0 radical (unpaired) electrons. The lowest BCUT2D eigenvalue weighted by atomic mass is 9.58. The molecule has 1 fully saturated rings. The highest BCUT2D eigenvalue weighted by molar-refractivity contribution is 6.30. The standard InChI is InChI=1S/C31H40ClNO4/c1-5-29(34)31(4)14-13-25(31)18-33-15-7-6-8-22-16-26(32)11-9-24(22)20-36-28-12-10-23(17-27(28)33)30(35)37-19-21(2)3/h5,9-12,16-17,21,25,29,34H,1,6-8,13-15,18-20H2,2-4H3/t25-,29+,31+/m1/s1.